The van der Waals surface area contributed by atoms with Gasteiger partial charge in [-0.1, -0.05) is 36.0 Å². The summed E-state index contributed by atoms with van der Waals surface area (Å²) in [6, 6.07) is 18.2. The maximum Gasteiger partial charge on any atom is 0.232 e. The van der Waals surface area contributed by atoms with Crippen LogP contribution >= 0.6 is 11.8 Å². The molecule has 142 valence electrons. The van der Waals surface area contributed by atoms with Gasteiger partial charge in [-0.2, -0.15) is 5.26 Å². The lowest BCUT2D eigenvalue weighted by atomic mass is 10.2. The van der Waals surface area contributed by atoms with Gasteiger partial charge in [-0.05, 0) is 42.3 Å². The van der Waals surface area contributed by atoms with E-state index in [0.29, 0.717) is 18.8 Å². The number of morpholine rings is 1. The number of rotatable bonds is 5. The number of anilines is 1. The van der Waals surface area contributed by atoms with Gasteiger partial charge in [-0.15, -0.1) is 10.2 Å². The lowest BCUT2D eigenvalue weighted by Gasteiger charge is -2.28. The Morgan fingerprint density at radius 3 is 2.61 bits per heavy atom. The van der Waals surface area contributed by atoms with Gasteiger partial charge < -0.3 is 9.64 Å². The Hall–Kier alpha value is -2.82. The third-order valence-electron chi connectivity index (χ3n) is 4.62. The fourth-order valence-corrected chi connectivity index (χ4v) is 4.04. The Labute approximate surface area is 168 Å². The first-order valence-electron chi connectivity index (χ1n) is 9.21. The van der Waals surface area contributed by atoms with Crippen LogP contribution in [0.1, 0.15) is 16.7 Å². The van der Waals surface area contributed by atoms with E-state index >= 15 is 0 Å². The molecule has 0 atom stereocenters. The van der Waals surface area contributed by atoms with Gasteiger partial charge in [-0.25, -0.2) is 0 Å². The first kappa shape index (κ1) is 18.5. The van der Waals surface area contributed by atoms with Crippen LogP contribution in [0.3, 0.4) is 0 Å². The number of thioether (sulfide) groups is 1. The van der Waals surface area contributed by atoms with Crippen LogP contribution in [0.5, 0.6) is 0 Å². The molecule has 7 heteroatoms. The quantitative estimate of drug-likeness (QED) is 0.620. The SMILES string of the molecule is Cc1cccc(-n2c(SCc3ccc(C#N)cc3)nnc2N2CCOCC2)c1. The maximum absolute atomic E-state index is 8.96. The van der Waals surface area contributed by atoms with Crippen LogP contribution in [0.15, 0.2) is 53.7 Å². The zero-order chi connectivity index (χ0) is 19.3. The minimum absolute atomic E-state index is 0.672. The summed E-state index contributed by atoms with van der Waals surface area (Å²) in [5.74, 6) is 1.62. The molecule has 1 aliphatic rings. The van der Waals surface area contributed by atoms with Crippen molar-refractivity contribution < 1.29 is 4.74 Å². The zero-order valence-corrected chi connectivity index (χ0v) is 16.5. The summed E-state index contributed by atoms with van der Waals surface area (Å²) in [6.07, 6.45) is 0. The molecule has 0 saturated carbocycles. The van der Waals surface area contributed by atoms with E-state index < -0.39 is 0 Å². The van der Waals surface area contributed by atoms with Crippen LogP contribution in [-0.4, -0.2) is 41.1 Å². The number of aryl methyl sites for hydroxylation is 1. The van der Waals surface area contributed by atoms with Crippen LogP contribution in [0, 0.1) is 18.3 Å². The van der Waals surface area contributed by atoms with E-state index in [9.17, 15) is 0 Å². The Morgan fingerprint density at radius 1 is 1.11 bits per heavy atom. The highest BCUT2D eigenvalue weighted by Gasteiger charge is 2.21. The number of nitriles is 1. The fraction of sp³-hybridized carbons (Fsp3) is 0.286. The zero-order valence-electron chi connectivity index (χ0n) is 15.7. The molecule has 3 aromatic rings. The number of nitrogens with zero attached hydrogens (tertiary/aromatic N) is 5. The van der Waals surface area contributed by atoms with Crippen LogP contribution in [0.25, 0.3) is 5.69 Å². The smallest absolute Gasteiger partial charge is 0.232 e. The second kappa shape index (κ2) is 8.46. The van der Waals surface area contributed by atoms with E-state index in [0.717, 1.165) is 41.2 Å². The summed E-state index contributed by atoms with van der Waals surface area (Å²) in [7, 11) is 0. The lowest BCUT2D eigenvalue weighted by molar-refractivity contribution is 0.122. The Kier molecular flexibility index (Phi) is 5.60. The van der Waals surface area contributed by atoms with Crippen molar-refractivity contribution in [3.8, 4) is 11.8 Å². The van der Waals surface area contributed by atoms with Gasteiger partial charge in [0.2, 0.25) is 5.95 Å². The van der Waals surface area contributed by atoms with Crippen molar-refractivity contribution in [2.75, 3.05) is 31.2 Å². The van der Waals surface area contributed by atoms with Gasteiger partial charge in [0, 0.05) is 18.8 Å². The van der Waals surface area contributed by atoms with Crippen molar-refractivity contribution in [3.05, 3.63) is 65.2 Å². The van der Waals surface area contributed by atoms with Crippen LogP contribution in [0.4, 0.5) is 5.95 Å². The molecule has 0 bridgehead atoms. The Bertz CT molecular complexity index is 987. The molecule has 1 saturated heterocycles. The molecular formula is C21H21N5OS. The molecular weight excluding hydrogens is 370 g/mol. The summed E-state index contributed by atoms with van der Waals surface area (Å²) in [5.41, 5.74) is 4.08. The highest BCUT2D eigenvalue weighted by Crippen LogP contribution is 2.29. The molecule has 1 fully saturated rings. The van der Waals surface area contributed by atoms with Crippen LogP contribution in [0.2, 0.25) is 0 Å². The number of hydrogen-bond donors (Lipinski definition) is 0. The van der Waals surface area contributed by atoms with Crippen LogP contribution in [-0.2, 0) is 10.5 Å². The van der Waals surface area contributed by atoms with Gasteiger partial charge in [-0.3, -0.25) is 4.57 Å². The first-order valence-corrected chi connectivity index (χ1v) is 10.2. The summed E-state index contributed by atoms with van der Waals surface area (Å²) >= 11 is 1.65. The fourth-order valence-electron chi connectivity index (χ4n) is 3.14. The van der Waals surface area contributed by atoms with Gasteiger partial charge in [0.25, 0.3) is 0 Å². The standard InChI is InChI=1S/C21H21N5OS/c1-16-3-2-4-19(13-16)26-20(25-9-11-27-12-10-25)23-24-21(26)28-15-18-7-5-17(14-22)6-8-18/h2-8,13H,9-12,15H2,1H3. The van der Waals surface area contributed by atoms with Crippen molar-refractivity contribution in [1.82, 2.24) is 14.8 Å². The van der Waals surface area contributed by atoms with Crippen molar-refractivity contribution in [3.63, 3.8) is 0 Å². The number of hydrogen-bond acceptors (Lipinski definition) is 6. The largest absolute Gasteiger partial charge is 0.378 e. The van der Waals surface area contributed by atoms with E-state index in [2.05, 4.69) is 56.9 Å². The molecule has 2 heterocycles. The summed E-state index contributed by atoms with van der Waals surface area (Å²) in [5, 5.41) is 18.8. The van der Waals surface area contributed by atoms with Crippen molar-refractivity contribution in [2.45, 2.75) is 17.8 Å². The minimum Gasteiger partial charge on any atom is -0.378 e. The summed E-state index contributed by atoms with van der Waals surface area (Å²) < 4.78 is 7.62. The Balaban J connectivity index is 1.64. The predicted octanol–water partition coefficient (Wildman–Crippen LogP) is 3.58. The highest BCUT2D eigenvalue weighted by atomic mass is 32.2. The minimum atomic E-state index is 0.672. The summed E-state index contributed by atoms with van der Waals surface area (Å²) in [4.78, 5) is 2.23. The average Bonchev–Trinajstić information content (AvgIpc) is 3.17. The number of aromatic nitrogens is 3. The third-order valence-corrected chi connectivity index (χ3v) is 5.62. The van der Waals surface area contributed by atoms with E-state index in [-0.39, 0.29) is 0 Å². The van der Waals surface area contributed by atoms with E-state index in [1.165, 1.54) is 5.56 Å². The number of benzene rings is 2. The molecule has 6 nitrogen and oxygen atoms in total. The molecule has 2 aromatic carbocycles. The number of ether oxygens (including phenoxy) is 1. The highest BCUT2D eigenvalue weighted by molar-refractivity contribution is 7.98. The molecule has 0 aliphatic carbocycles. The third kappa shape index (κ3) is 4.03. The molecule has 4 rings (SSSR count). The molecule has 0 radical (unpaired) electrons. The van der Waals surface area contributed by atoms with E-state index in [1.807, 2.05) is 24.3 Å². The van der Waals surface area contributed by atoms with Gasteiger partial charge in [0.05, 0.1) is 30.5 Å². The van der Waals surface area contributed by atoms with E-state index in [4.69, 9.17) is 10.00 Å². The second-order valence-corrected chi connectivity index (χ2v) is 7.60. The average molecular weight is 392 g/mol. The molecule has 0 amide bonds. The van der Waals surface area contributed by atoms with Gasteiger partial charge in [0.1, 0.15) is 0 Å². The molecule has 1 aromatic heterocycles. The normalized spacial score (nSPS) is 14.1. The monoisotopic (exact) mass is 391 g/mol. The molecule has 0 N–H and O–H groups in total. The Morgan fingerprint density at radius 2 is 1.89 bits per heavy atom. The van der Waals surface area contributed by atoms with E-state index in [1.54, 1.807) is 11.8 Å². The second-order valence-electron chi connectivity index (χ2n) is 6.65. The summed E-state index contributed by atoms with van der Waals surface area (Å²) in [6.45, 7) is 5.11. The van der Waals surface area contributed by atoms with Crippen molar-refractivity contribution >= 4 is 17.7 Å². The van der Waals surface area contributed by atoms with Crippen LogP contribution < -0.4 is 4.90 Å². The predicted molar refractivity (Wildman–Crippen MR) is 110 cm³/mol. The first-order chi connectivity index (χ1) is 13.7. The topological polar surface area (TPSA) is 67.0 Å². The molecule has 0 spiro atoms. The lowest BCUT2D eigenvalue weighted by Crippen LogP contribution is -2.37. The maximum atomic E-state index is 8.96. The van der Waals surface area contributed by atoms with Gasteiger partial charge in [0.15, 0.2) is 5.16 Å². The van der Waals surface area contributed by atoms with Crippen molar-refractivity contribution in [1.29, 1.82) is 5.26 Å². The molecule has 0 unspecified atom stereocenters. The van der Waals surface area contributed by atoms with Gasteiger partial charge >= 0.3 is 0 Å². The van der Waals surface area contributed by atoms with Crippen molar-refractivity contribution in [2.24, 2.45) is 0 Å². The molecule has 28 heavy (non-hydrogen) atoms. The molecule has 1 aliphatic heterocycles.